The lowest BCUT2D eigenvalue weighted by Gasteiger charge is -2.28. The van der Waals surface area contributed by atoms with Gasteiger partial charge in [0.2, 0.25) is 10.0 Å². The number of pyridine rings is 1. The predicted octanol–water partition coefficient (Wildman–Crippen LogP) is 5.90. The van der Waals surface area contributed by atoms with E-state index >= 15 is 0 Å². The highest BCUT2D eigenvalue weighted by atomic mass is 32.2. The summed E-state index contributed by atoms with van der Waals surface area (Å²) in [5.74, 6) is -0.256. The van der Waals surface area contributed by atoms with Gasteiger partial charge < -0.3 is 0 Å². The maximum atomic E-state index is 13.9. The molecule has 6 rings (SSSR count). The lowest BCUT2D eigenvalue weighted by Crippen LogP contribution is -2.36. The van der Waals surface area contributed by atoms with E-state index in [9.17, 15) is 13.2 Å². The molecule has 5 aromatic rings. The summed E-state index contributed by atoms with van der Waals surface area (Å²) in [7, 11) is -3.70. The average molecular weight is 569 g/mol. The number of aryl methyl sites for hydroxylation is 2. The van der Waals surface area contributed by atoms with Crippen molar-refractivity contribution >= 4 is 42.6 Å². The summed E-state index contributed by atoms with van der Waals surface area (Å²) >= 11 is 1.47. The quantitative estimate of drug-likeness (QED) is 0.255. The summed E-state index contributed by atoms with van der Waals surface area (Å²) in [6, 6.07) is 22.1. The SMILES string of the molecule is Cc1cc(C)c2nc(N(Cc3cccnc3)C(=O)c3ccc(S(=O)(=O)N4CCc5ccccc5C4)cc3)sc2c1. The van der Waals surface area contributed by atoms with Crippen molar-refractivity contribution in [3.05, 3.63) is 119 Å². The topological polar surface area (TPSA) is 83.5 Å². The molecule has 3 heterocycles. The molecule has 0 bridgehead atoms. The Morgan fingerprint density at radius 3 is 2.52 bits per heavy atom. The number of carbonyl (C=O) groups is 1. The Morgan fingerprint density at radius 1 is 1.00 bits per heavy atom. The van der Waals surface area contributed by atoms with Crippen LogP contribution in [0.25, 0.3) is 10.2 Å². The van der Waals surface area contributed by atoms with Gasteiger partial charge in [0.05, 0.1) is 21.7 Å². The van der Waals surface area contributed by atoms with Crippen LogP contribution in [0.3, 0.4) is 0 Å². The normalized spacial score (nSPS) is 13.8. The van der Waals surface area contributed by atoms with Gasteiger partial charge >= 0.3 is 0 Å². The summed E-state index contributed by atoms with van der Waals surface area (Å²) in [5, 5.41) is 0.584. The molecule has 7 nitrogen and oxygen atoms in total. The van der Waals surface area contributed by atoms with Gasteiger partial charge in [-0.05, 0) is 84.5 Å². The minimum Gasteiger partial charge on any atom is -0.279 e. The van der Waals surface area contributed by atoms with Gasteiger partial charge in [0.15, 0.2) is 5.13 Å². The van der Waals surface area contributed by atoms with Crippen LogP contribution >= 0.6 is 11.3 Å². The molecule has 0 aliphatic carbocycles. The van der Waals surface area contributed by atoms with Crippen molar-refractivity contribution in [3.8, 4) is 0 Å². The molecule has 0 saturated carbocycles. The lowest BCUT2D eigenvalue weighted by atomic mass is 10.0. The fraction of sp³-hybridized carbons (Fsp3) is 0.194. The second kappa shape index (κ2) is 10.6. The molecule has 0 radical (unpaired) electrons. The minimum absolute atomic E-state index is 0.174. The van der Waals surface area contributed by atoms with Gasteiger partial charge in [-0.25, -0.2) is 13.4 Å². The molecule has 1 amide bonds. The van der Waals surface area contributed by atoms with Crippen LogP contribution in [-0.4, -0.2) is 35.1 Å². The summed E-state index contributed by atoms with van der Waals surface area (Å²) in [5.41, 5.74) is 6.53. The van der Waals surface area contributed by atoms with Crippen molar-refractivity contribution < 1.29 is 13.2 Å². The molecule has 1 aliphatic rings. The van der Waals surface area contributed by atoms with Gasteiger partial charge in [-0.3, -0.25) is 14.7 Å². The Kier molecular flexibility index (Phi) is 6.95. The third-order valence-corrected chi connectivity index (χ3v) is 10.1. The van der Waals surface area contributed by atoms with Crippen molar-refractivity contribution in [2.75, 3.05) is 11.4 Å². The fourth-order valence-corrected chi connectivity index (χ4v) is 7.68. The van der Waals surface area contributed by atoms with Crippen LogP contribution in [0, 0.1) is 13.8 Å². The number of nitrogens with zero attached hydrogens (tertiary/aromatic N) is 4. The third-order valence-electron chi connectivity index (χ3n) is 7.19. The number of benzene rings is 3. The fourth-order valence-electron chi connectivity index (χ4n) is 5.12. The molecule has 1 aliphatic heterocycles. The number of amides is 1. The van der Waals surface area contributed by atoms with Gasteiger partial charge in [-0.15, -0.1) is 0 Å². The van der Waals surface area contributed by atoms with E-state index in [4.69, 9.17) is 4.98 Å². The number of hydrogen-bond donors (Lipinski definition) is 0. The molecule has 9 heteroatoms. The maximum Gasteiger partial charge on any atom is 0.260 e. The molecule has 0 fully saturated rings. The van der Waals surface area contributed by atoms with Crippen molar-refractivity contribution in [3.63, 3.8) is 0 Å². The molecule has 202 valence electrons. The Labute approximate surface area is 237 Å². The number of fused-ring (bicyclic) bond motifs is 2. The molecule has 0 saturated heterocycles. The Hall–Kier alpha value is -3.92. The minimum atomic E-state index is -3.70. The lowest BCUT2D eigenvalue weighted by molar-refractivity contribution is 0.0985. The number of anilines is 1. The highest BCUT2D eigenvalue weighted by Crippen LogP contribution is 2.33. The van der Waals surface area contributed by atoms with Gasteiger partial charge in [0.1, 0.15) is 0 Å². The molecular formula is C31H28N4O3S2. The van der Waals surface area contributed by atoms with Crippen molar-refractivity contribution in [1.29, 1.82) is 0 Å². The van der Waals surface area contributed by atoms with E-state index in [1.807, 2.05) is 50.2 Å². The van der Waals surface area contributed by atoms with Gasteiger partial charge in [0.25, 0.3) is 5.91 Å². The van der Waals surface area contributed by atoms with Crippen LogP contribution in [0.5, 0.6) is 0 Å². The Bertz CT molecular complexity index is 1820. The summed E-state index contributed by atoms with van der Waals surface area (Å²) in [4.78, 5) is 24.7. The molecule has 40 heavy (non-hydrogen) atoms. The highest BCUT2D eigenvalue weighted by molar-refractivity contribution is 7.89. The third kappa shape index (κ3) is 5.03. The summed E-state index contributed by atoms with van der Waals surface area (Å²) < 4.78 is 29.4. The standard InChI is InChI=1S/C31H28N4O3S2/c1-21-16-22(2)29-28(17-21)39-31(33-29)35(19-23-6-5-14-32-18-23)30(36)25-9-11-27(12-10-25)40(37,38)34-15-13-24-7-3-4-8-26(24)20-34/h3-12,14,16-18H,13,15,19-20H2,1-2H3. The number of aromatic nitrogens is 2. The number of hydrogen-bond acceptors (Lipinski definition) is 6. The first-order valence-electron chi connectivity index (χ1n) is 13.1. The second-order valence-electron chi connectivity index (χ2n) is 10.1. The van der Waals surface area contributed by atoms with Crippen molar-refractivity contribution in [2.24, 2.45) is 0 Å². The van der Waals surface area contributed by atoms with Crippen molar-refractivity contribution in [1.82, 2.24) is 14.3 Å². The molecule has 2 aromatic heterocycles. The molecular weight excluding hydrogens is 541 g/mol. The first-order chi connectivity index (χ1) is 19.3. The van der Waals surface area contributed by atoms with Crippen LogP contribution in [0.15, 0.2) is 90.1 Å². The number of rotatable bonds is 6. The zero-order valence-electron chi connectivity index (χ0n) is 22.2. The van der Waals surface area contributed by atoms with E-state index in [1.165, 1.54) is 33.3 Å². The maximum absolute atomic E-state index is 13.9. The monoisotopic (exact) mass is 568 g/mol. The van der Waals surface area contributed by atoms with Crippen LogP contribution in [0.4, 0.5) is 5.13 Å². The van der Waals surface area contributed by atoms with E-state index in [1.54, 1.807) is 29.4 Å². The molecule has 0 N–H and O–H groups in total. The summed E-state index contributed by atoms with van der Waals surface area (Å²) in [6.07, 6.45) is 4.10. The number of carbonyl (C=O) groups excluding carboxylic acids is 1. The molecule has 3 aromatic carbocycles. The van der Waals surface area contributed by atoms with E-state index < -0.39 is 10.0 Å². The number of sulfonamides is 1. The highest BCUT2D eigenvalue weighted by Gasteiger charge is 2.29. The van der Waals surface area contributed by atoms with Crippen molar-refractivity contribution in [2.45, 2.75) is 38.3 Å². The van der Waals surface area contributed by atoms with E-state index in [2.05, 4.69) is 17.1 Å². The molecule has 0 unspecified atom stereocenters. The first-order valence-corrected chi connectivity index (χ1v) is 15.3. The van der Waals surface area contributed by atoms with Crippen LogP contribution in [0.1, 0.15) is 38.2 Å². The molecule has 0 spiro atoms. The zero-order valence-corrected chi connectivity index (χ0v) is 23.9. The van der Waals surface area contributed by atoms with E-state index in [-0.39, 0.29) is 17.3 Å². The van der Waals surface area contributed by atoms with Crippen LogP contribution in [-0.2, 0) is 29.5 Å². The predicted molar refractivity (Wildman–Crippen MR) is 158 cm³/mol. The largest absolute Gasteiger partial charge is 0.279 e. The van der Waals surface area contributed by atoms with E-state index in [0.29, 0.717) is 30.2 Å². The Balaban J connectivity index is 1.30. The average Bonchev–Trinajstić information content (AvgIpc) is 3.40. The molecule has 0 atom stereocenters. The van der Waals surface area contributed by atoms with Gasteiger partial charge in [-0.2, -0.15) is 4.31 Å². The van der Waals surface area contributed by atoms with E-state index in [0.717, 1.165) is 32.5 Å². The Morgan fingerprint density at radius 2 is 1.77 bits per heavy atom. The van der Waals surface area contributed by atoms with Gasteiger partial charge in [-0.1, -0.05) is 47.7 Å². The summed E-state index contributed by atoms with van der Waals surface area (Å²) in [6.45, 7) is 5.12. The first kappa shape index (κ1) is 26.3. The van der Waals surface area contributed by atoms with Crippen LogP contribution in [0.2, 0.25) is 0 Å². The number of thiazole rings is 1. The second-order valence-corrected chi connectivity index (χ2v) is 13.0. The van der Waals surface area contributed by atoms with Crippen LogP contribution < -0.4 is 4.90 Å². The smallest absolute Gasteiger partial charge is 0.260 e. The van der Waals surface area contributed by atoms with Gasteiger partial charge in [0, 0.05) is 31.0 Å². The zero-order chi connectivity index (χ0) is 27.9.